The van der Waals surface area contributed by atoms with E-state index in [9.17, 15) is 9.59 Å². The summed E-state index contributed by atoms with van der Waals surface area (Å²) in [5.41, 5.74) is 3.63. The Morgan fingerprint density at radius 3 is 1.38 bits per heavy atom. The summed E-state index contributed by atoms with van der Waals surface area (Å²) in [5, 5.41) is 0. The van der Waals surface area contributed by atoms with Crippen molar-refractivity contribution in [2.24, 2.45) is 0 Å². The summed E-state index contributed by atoms with van der Waals surface area (Å²) in [7, 11) is 0. The molecule has 4 heteroatoms. The molecule has 0 spiro atoms. The Hall–Kier alpha value is -1.84. The van der Waals surface area contributed by atoms with E-state index < -0.39 is 0 Å². The fourth-order valence-electron chi connectivity index (χ4n) is 3.56. The van der Waals surface area contributed by atoms with Gasteiger partial charge in [0.2, 0.25) is 0 Å². The lowest BCUT2D eigenvalue weighted by Crippen LogP contribution is -2.18. The molecule has 4 nitrogen and oxygen atoms in total. The van der Waals surface area contributed by atoms with E-state index in [-0.39, 0.29) is 11.3 Å². The van der Waals surface area contributed by atoms with Crippen LogP contribution in [0.3, 0.4) is 0 Å². The summed E-state index contributed by atoms with van der Waals surface area (Å²) in [5.74, 6) is 0. The fraction of sp³-hybridized carbons (Fsp3) is 0.636. The normalized spacial score (nSPS) is 11.4. The SMILES string of the molecule is CCCCc1c(CCCC)c2oc(=O)c(CCC)c(CCC)c2oc1=O. The van der Waals surface area contributed by atoms with Crippen LogP contribution >= 0.6 is 0 Å². The van der Waals surface area contributed by atoms with E-state index in [1.165, 1.54) is 0 Å². The van der Waals surface area contributed by atoms with Crippen LogP contribution in [0.25, 0.3) is 11.2 Å². The predicted octanol–water partition coefficient (Wildman–Crippen LogP) is 5.34. The molecule has 0 radical (unpaired) electrons. The van der Waals surface area contributed by atoms with Crippen molar-refractivity contribution in [3.05, 3.63) is 43.1 Å². The molecule has 0 bridgehead atoms. The molecule has 0 amide bonds. The zero-order valence-corrected chi connectivity index (χ0v) is 16.7. The molecular weight excluding hydrogens is 328 g/mol. The Morgan fingerprint density at radius 2 is 0.923 bits per heavy atom. The van der Waals surface area contributed by atoms with Crippen molar-refractivity contribution < 1.29 is 8.83 Å². The van der Waals surface area contributed by atoms with Gasteiger partial charge in [-0.25, -0.2) is 9.59 Å². The highest BCUT2D eigenvalue weighted by atomic mass is 16.4. The maximum absolute atomic E-state index is 12.7. The largest absolute Gasteiger partial charge is 0.419 e. The van der Waals surface area contributed by atoms with E-state index in [4.69, 9.17) is 8.83 Å². The zero-order chi connectivity index (χ0) is 19.1. The van der Waals surface area contributed by atoms with Gasteiger partial charge in [-0.05, 0) is 38.5 Å². The van der Waals surface area contributed by atoms with E-state index in [0.717, 1.165) is 62.5 Å². The summed E-state index contributed by atoms with van der Waals surface area (Å²) in [4.78, 5) is 25.4. The maximum Gasteiger partial charge on any atom is 0.339 e. The van der Waals surface area contributed by atoms with Gasteiger partial charge in [0, 0.05) is 22.3 Å². The third kappa shape index (κ3) is 4.28. The summed E-state index contributed by atoms with van der Waals surface area (Å²) in [6.45, 7) is 8.33. The Balaban J connectivity index is 2.82. The third-order valence-corrected chi connectivity index (χ3v) is 4.93. The second-order valence-corrected chi connectivity index (χ2v) is 7.06. The van der Waals surface area contributed by atoms with Crippen LogP contribution in [-0.4, -0.2) is 0 Å². The Kier molecular flexibility index (Phi) is 7.67. The first-order valence-electron chi connectivity index (χ1n) is 10.2. The third-order valence-electron chi connectivity index (χ3n) is 4.93. The predicted molar refractivity (Wildman–Crippen MR) is 106 cm³/mol. The van der Waals surface area contributed by atoms with Crippen molar-refractivity contribution in [2.75, 3.05) is 0 Å². The van der Waals surface area contributed by atoms with Crippen LogP contribution in [0.1, 0.15) is 88.5 Å². The molecule has 0 aliphatic heterocycles. The van der Waals surface area contributed by atoms with E-state index in [0.29, 0.717) is 35.1 Å². The van der Waals surface area contributed by atoms with Gasteiger partial charge in [-0.2, -0.15) is 0 Å². The van der Waals surface area contributed by atoms with Gasteiger partial charge < -0.3 is 8.83 Å². The Morgan fingerprint density at radius 1 is 0.538 bits per heavy atom. The molecule has 2 rings (SSSR count). The van der Waals surface area contributed by atoms with Crippen molar-refractivity contribution in [1.82, 2.24) is 0 Å². The molecule has 0 saturated carbocycles. The van der Waals surface area contributed by atoms with Crippen molar-refractivity contribution >= 4 is 11.2 Å². The average molecular weight is 360 g/mol. The van der Waals surface area contributed by atoms with Gasteiger partial charge in [-0.15, -0.1) is 0 Å². The number of unbranched alkanes of at least 4 members (excludes halogenated alkanes) is 2. The Labute approximate surface area is 155 Å². The molecule has 0 fully saturated rings. The van der Waals surface area contributed by atoms with Gasteiger partial charge in [-0.1, -0.05) is 53.4 Å². The monoisotopic (exact) mass is 360 g/mol. The maximum atomic E-state index is 12.7. The van der Waals surface area contributed by atoms with Crippen LogP contribution in [0, 0.1) is 0 Å². The quantitative estimate of drug-likeness (QED) is 0.574. The first kappa shape index (κ1) is 20.5. The van der Waals surface area contributed by atoms with Crippen LogP contribution in [0.5, 0.6) is 0 Å². The molecular formula is C22H32O4. The molecule has 0 aromatic carbocycles. The summed E-state index contributed by atoms with van der Waals surface area (Å²) in [6.07, 6.45) is 8.46. The topological polar surface area (TPSA) is 60.4 Å². The number of hydrogen-bond donors (Lipinski definition) is 0. The number of rotatable bonds is 10. The molecule has 0 saturated heterocycles. The van der Waals surface area contributed by atoms with Crippen LogP contribution in [0.15, 0.2) is 18.4 Å². The minimum absolute atomic E-state index is 0.259. The van der Waals surface area contributed by atoms with Gasteiger partial charge in [0.25, 0.3) is 0 Å². The average Bonchev–Trinajstić information content (AvgIpc) is 2.62. The lowest BCUT2D eigenvalue weighted by molar-refractivity contribution is 0.488. The minimum atomic E-state index is -0.268. The summed E-state index contributed by atoms with van der Waals surface area (Å²) < 4.78 is 11.5. The van der Waals surface area contributed by atoms with Crippen LogP contribution < -0.4 is 11.3 Å². The van der Waals surface area contributed by atoms with Crippen molar-refractivity contribution in [2.45, 2.75) is 91.9 Å². The molecule has 0 unspecified atom stereocenters. The fourth-order valence-corrected chi connectivity index (χ4v) is 3.56. The molecule has 2 aromatic rings. The van der Waals surface area contributed by atoms with E-state index in [2.05, 4.69) is 20.8 Å². The van der Waals surface area contributed by atoms with Crippen LogP contribution in [-0.2, 0) is 25.7 Å². The lowest BCUT2D eigenvalue weighted by Gasteiger charge is -2.14. The molecule has 0 aliphatic carbocycles. The summed E-state index contributed by atoms with van der Waals surface area (Å²) >= 11 is 0. The zero-order valence-electron chi connectivity index (χ0n) is 16.7. The Bertz CT molecular complexity index is 842. The first-order valence-corrected chi connectivity index (χ1v) is 10.2. The van der Waals surface area contributed by atoms with Crippen molar-refractivity contribution in [3.63, 3.8) is 0 Å². The second kappa shape index (κ2) is 9.75. The highest BCUT2D eigenvalue weighted by Gasteiger charge is 2.22. The molecule has 0 N–H and O–H groups in total. The smallest absolute Gasteiger partial charge is 0.339 e. The van der Waals surface area contributed by atoms with E-state index in [1.807, 2.05) is 6.92 Å². The number of aryl methyl sites for hydroxylation is 2. The first-order chi connectivity index (χ1) is 12.6. The van der Waals surface area contributed by atoms with Gasteiger partial charge >= 0.3 is 11.3 Å². The van der Waals surface area contributed by atoms with Gasteiger partial charge in [0.05, 0.1) is 0 Å². The molecule has 144 valence electrons. The lowest BCUT2D eigenvalue weighted by atomic mass is 9.95. The minimum Gasteiger partial charge on any atom is -0.419 e. The van der Waals surface area contributed by atoms with Crippen LogP contribution in [0.4, 0.5) is 0 Å². The van der Waals surface area contributed by atoms with Gasteiger partial charge in [0.15, 0.2) is 11.2 Å². The second-order valence-electron chi connectivity index (χ2n) is 7.06. The highest BCUT2D eigenvalue weighted by molar-refractivity contribution is 5.79. The van der Waals surface area contributed by atoms with Crippen molar-refractivity contribution in [3.8, 4) is 0 Å². The van der Waals surface area contributed by atoms with Crippen molar-refractivity contribution in [1.29, 1.82) is 0 Å². The standard InChI is InChI=1S/C22H32O4/c1-5-9-13-16-18(14-10-6-2)22(24)25-19-15(11-7-3)17(12-8-4)21(23)26-20(16)19/h5-14H2,1-4H3. The van der Waals surface area contributed by atoms with E-state index >= 15 is 0 Å². The van der Waals surface area contributed by atoms with E-state index in [1.54, 1.807) is 0 Å². The summed E-state index contributed by atoms with van der Waals surface area (Å²) in [6, 6.07) is 0. The molecule has 2 heterocycles. The molecule has 2 aromatic heterocycles. The molecule has 0 atom stereocenters. The van der Waals surface area contributed by atoms with Gasteiger partial charge in [-0.3, -0.25) is 0 Å². The number of fused-ring (bicyclic) bond motifs is 1. The van der Waals surface area contributed by atoms with Gasteiger partial charge in [0.1, 0.15) is 0 Å². The molecule has 26 heavy (non-hydrogen) atoms. The highest BCUT2D eigenvalue weighted by Crippen LogP contribution is 2.27. The molecule has 0 aliphatic rings. The van der Waals surface area contributed by atoms with Crippen LogP contribution in [0.2, 0.25) is 0 Å². The number of hydrogen-bond acceptors (Lipinski definition) is 4.